The largest absolute Gasteiger partial charge is 0.478 e. The number of hydrogen-bond donors (Lipinski definition) is 1. The number of benzene rings is 1. The van der Waals surface area contributed by atoms with E-state index in [2.05, 4.69) is 0 Å². The summed E-state index contributed by atoms with van der Waals surface area (Å²) in [6.07, 6.45) is 1.03. The molecule has 0 saturated carbocycles. The minimum absolute atomic E-state index is 0.0204. The quantitative estimate of drug-likeness (QED) is 0.862. The summed E-state index contributed by atoms with van der Waals surface area (Å²) in [6, 6.07) is 4.60. The third kappa shape index (κ3) is 2.52. The number of carbonyl (C=O) groups is 1. The smallest absolute Gasteiger partial charge is 0.337 e. The van der Waals surface area contributed by atoms with Crippen LogP contribution in [-0.4, -0.2) is 32.8 Å². The van der Waals surface area contributed by atoms with E-state index < -0.39 is 16.0 Å². The summed E-state index contributed by atoms with van der Waals surface area (Å²) >= 11 is 0. The van der Waals surface area contributed by atoms with Crippen LogP contribution in [0.3, 0.4) is 0 Å². The van der Waals surface area contributed by atoms with Gasteiger partial charge in [-0.2, -0.15) is 0 Å². The molecule has 0 aliphatic carbocycles. The molecule has 0 heterocycles. The maximum Gasteiger partial charge on any atom is 0.337 e. The number of nitrogens with zero attached hydrogens (tertiary/aromatic N) is 1. The highest BCUT2D eigenvalue weighted by molar-refractivity contribution is 7.92. The van der Waals surface area contributed by atoms with Gasteiger partial charge in [-0.25, -0.2) is 13.2 Å². The molecule has 0 aromatic heterocycles. The first-order valence-electron chi connectivity index (χ1n) is 4.51. The van der Waals surface area contributed by atoms with Gasteiger partial charge < -0.3 is 5.11 Å². The number of anilines is 1. The van der Waals surface area contributed by atoms with Crippen molar-refractivity contribution in [2.45, 2.75) is 6.92 Å². The average molecular weight is 243 g/mol. The predicted molar refractivity (Wildman–Crippen MR) is 61.4 cm³/mol. The lowest BCUT2D eigenvalue weighted by Gasteiger charge is -2.18. The molecule has 5 nitrogen and oxygen atoms in total. The van der Waals surface area contributed by atoms with Crippen molar-refractivity contribution in [3.63, 3.8) is 0 Å². The standard InChI is InChI=1S/C10H13NO4S/c1-7-4-5-9(8(6-7)10(12)13)11(2)16(3,14)15/h4-6H,1-3H3,(H,12,13). The number of carboxylic acid groups (broad SMARTS) is 1. The molecule has 0 radical (unpaired) electrons. The van der Waals surface area contributed by atoms with Crippen molar-refractivity contribution in [2.24, 2.45) is 0 Å². The van der Waals surface area contributed by atoms with E-state index in [0.29, 0.717) is 0 Å². The van der Waals surface area contributed by atoms with Crippen LogP contribution in [0.2, 0.25) is 0 Å². The van der Waals surface area contributed by atoms with Crippen LogP contribution in [0.5, 0.6) is 0 Å². The fourth-order valence-corrected chi connectivity index (χ4v) is 1.79. The van der Waals surface area contributed by atoms with Gasteiger partial charge in [0.15, 0.2) is 0 Å². The molecule has 1 aromatic rings. The molecule has 0 bridgehead atoms. The number of rotatable bonds is 3. The lowest BCUT2D eigenvalue weighted by molar-refractivity contribution is 0.0697. The van der Waals surface area contributed by atoms with Crippen LogP contribution in [-0.2, 0) is 10.0 Å². The monoisotopic (exact) mass is 243 g/mol. The van der Waals surface area contributed by atoms with Crippen LogP contribution in [0.4, 0.5) is 5.69 Å². The first-order valence-corrected chi connectivity index (χ1v) is 6.36. The van der Waals surface area contributed by atoms with Crippen molar-refractivity contribution < 1.29 is 18.3 Å². The summed E-state index contributed by atoms with van der Waals surface area (Å²) in [5.74, 6) is -1.14. The Hall–Kier alpha value is -1.56. The summed E-state index contributed by atoms with van der Waals surface area (Å²) in [7, 11) is -2.13. The van der Waals surface area contributed by atoms with Gasteiger partial charge in [0.25, 0.3) is 0 Å². The zero-order valence-electron chi connectivity index (χ0n) is 9.26. The molecular weight excluding hydrogens is 230 g/mol. The molecule has 0 saturated heterocycles. The Labute approximate surface area is 94.4 Å². The molecule has 0 atom stereocenters. The van der Waals surface area contributed by atoms with Gasteiger partial charge in [0, 0.05) is 7.05 Å². The summed E-state index contributed by atoms with van der Waals surface area (Å²) < 4.78 is 23.6. The minimum Gasteiger partial charge on any atom is -0.478 e. The van der Waals surface area contributed by atoms with E-state index >= 15 is 0 Å². The number of carboxylic acids is 1. The molecule has 6 heteroatoms. The Morgan fingerprint density at radius 1 is 1.38 bits per heavy atom. The van der Waals surface area contributed by atoms with Crippen LogP contribution in [0.25, 0.3) is 0 Å². The first-order chi connectivity index (χ1) is 7.23. The van der Waals surface area contributed by atoms with Gasteiger partial charge in [0.05, 0.1) is 17.5 Å². The summed E-state index contributed by atoms with van der Waals surface area (Å²) in [4.78, 5) is 11.0. The Balaban J connectivity index is 3.40. The first kappa shape index (κ1) is 12.5. The molecule has 1 aromatic carbocycles. The second-order valence-corrected chi connectivity index (χ2v) is 5.57. The van der Waals surface area contributed by atoms with E-state index in [4.69, 9.17) is 5.11 Å². The number of hydrogen-bond acceptors (Lipinski definition) is 3. The lowest BCUT2D eigenvalue weighted by Crippen LogP contribution is -2.26. The van der Waals surface area contributed by atoms with E-state index in [-0.39, 0.29) is 11.3 Å². The lowest BCUT2D eigenvalue weighted by atomic mass is 10.1. The van der Waals surface area contributed by atoms with Crippen molar-refractivity contribution in [3.05, 3.63) is 29.3 Å². The Morgan fingerprint density at radius 2 is 1.94 bits per heavy atom. The highest BCUT2D eigenvalue weighted by atomic mass is 32.2. The Bertz CT molecular complexity index is 522. The molecule has 0 aliphatic heterocycles. The zero-order chi connectivity index (χ0) is 12.5. The van der Waals surface area contributed by atoms with Crippen LogP contribution in [0, 0.1) is 6.92 Å². The number of aryl methyl sites for hydroxylation is 1. The molecule has 0 unspecified atom stereocenters. The third-order valence-electron chi connectivity index (χ3n) is 2.22. The van der Waals surface area contributed by atoms with Crippen LogP contribution < -0.4 is 4.31 Å². The van der Waals surface area contributed by atoms with Crippen molar-refractivity contribution in [1.29, 1.82) is 0 Å². The molecule has 88 valence electrons. The maximum absolute atomic E-state index is 11.3. The average Bonchev–Trinajstić information content (AvgIpc) is 2.15. The third-order valence-corrected chi connectivity index (χ3v) is 3.41. The van der Waals surface area contributed by atoms with Crippen molar-refractivity contribution >= 4 is 21.7 Å². The van der Waals surface area contributed by atoms with Gasteiger partial charge >= 0.3 is 5.97 Å². The van der Waals surface area contributed by atoms with E-state index in [1.165, 1.54) is 19.2 Å². The minimum atomic E-state index is -3.45. The van der Waals surface area contributed by atoms with E-state index in [1.807, 2.05) is 0 Å². The van der Waals surface area contributed by atoms with Gasteiger partial charge in [-0.1, -0.05) is 11.6 Å². The fourth-order valence-electron chi connectivity index (χ4n) is 1.27. The number of aromatic carboxylic acids is 1. The van der Waals surface area contributed by atoms with Crippen LogP contribution >= 0.6 is 0 Å². The predicted octanol–water partition coefficient (Wildman–Crippen LogP) is 1.09. The van der Waals surface area contributed by atoms with E-state index in [0.717, 1.165) is 16.1 Å². The van der Waals surface area contributed by atoms with Gasteiger partial charge in [0.2, 0.25) is 10.0 Å². The fraction of sp³-hybridized carbons (Fsp3) is 0.300. The molecule has 1 rings (SSSR count). The summed E-state index contributed by atoms with van der Waals surface area (Å²) in [5, 5.41) is 8.98. The normalized spacial score (nSPS) is 11.2. The van der Waals surface area contributed by atoms with E-state index in [9.17, 15) is 13.2 Å². The summed E-state index contributed by atoms with van der Waals surface area (Å²) in [5.41, 5.74) is 0.913. The SMILES string of the molecule is Cc1ccc(N(C)S(C)(=O)=O)c(C(=O)O)c1. The summed E-state index contributed by atoms with van der Waals surface area (Å²) in [6.45, 7) is 1.75. The molecule has 16 heavy (non-hydrogen) atoms. The second-order valence-electron chi connectivity index (χ2n) is 3.56. The molecular formula is C10H13NO4S. The van der Waals surface area contributed by atoms with Gasteiger partial charge in [-0.15, -0.1) is 0 Å². The van der Waals surface area contributed by atoms with Gasteiger partial charge in [0.1, 0.15) is 0 Å². The second kappa shape index (κ2) is 4.13. The zero-order valence-corrected chi connectivity index (χ0v) is 10.1. The molecule has 0 spiro atoms. The van der Waals surface area contributed by atoms with Crippen molar-refractivity contribution in [3.8, 4) is 0 Å². The van der Waals surface area contributed by atoms with E-state index in [1.54, 1.807) is 13.0 Å². The maximum atomic E-state index is 11.3. The molecule has 0 amide bonds. The molecule has 1 N–H and O–H groups in total. The van der Waals surface area contributed by atoms with Crippen LogP contribution in [0.15, 0.2) is 18.2 Å². The highest BCUT2D eigenvalue weighted by Gasteiger charge is 2.19. The van der Waals surface area contributed by atoms with Crippen molar-refractivity contribution in [1.82, 2.24) is 0 Å². The van der Waals surface area contributed by atoms with Crippen molar-refractivity contribution in [2.75, 3.05) is 17.6 Å². The molecule has 0 aliphatic rings. The Morgan fingerprint density at radius 3 is 2.38 bits per heavy atom. The van der Waals surface area contributed by atoms with Crippen LogP contribution in [0.1, 0.15) is 15.9 Å². The van der Waals surface area contributed by atoms with Gasteiger partial charge in [-0.3, -0.25) is 4.31 Å². The topological polar surface area (TPSA) is 74.7 Å². The Kier molecular flexibility index (Phi) is 3.23. The molecule has 0 fully saturated rings. The number of sulfonamides is 1. The highest BCUT2D eigenvalue weighted by Crippen LogP contribution is 2.22. The van der Waals surface area contributed by atoms with Gasteiger partial charge in [-0.05, 0) is 19.1 Å².